The predicted octanol–water partition coefficient (Wildman–Crippen LogP) is 2.49. The third-order valence-electron chi connectivity index (χ3n) is 2.63. The summed E-state index contributed by atoms with van der Waals surface area (Å²) in [4.78, 5) is 28.8. The summed E-state index contributed by atoms with van der Waals surface area (Å²) in [6, 6.07) is 3.09. The first-order valence-electron chi connectivity index (χ1n) is 5.87. The van der Waals surface area contributed by atoms with Gasteiger partial charge in [0.2, 0.25) is 11.6 Å². The van der Waals surface area contributed by atoms with Crippen LogP contribution in [0, 0.1) is 24.0 Å². The summed E-state index contributed by atoms with van der Waals surface area (Å²) < 4.78 is 5.37. The molecule has 0 aliphatic heterocycles. The zero-order valence-corrected chi connectivity index (χ0v) is 11.2. The van der Waals surface area contributed by atoms with Crippen molar-refractivity contribution in [3.05, 3.63) is 51.5 Å². The number of nitrogens with zero attached hydrogens (tertiary/aromatic N) is 3. The predicted molar refractivity (Wildman–Crippen MR) is 71.6 cm³/mol. The van der Waals surface area contributed by atoms with Gasteiger partial charge in [-0.05, 0) is 25.0 Å². The van der Waals surface area contributed by atoms with Gasteiger partial charge in [0, 0.05) is 6.07 Å². The first kappa shape index (κ1) is 14.4. The second kappa shape index (κ2) is 5.53. The number of carbonyl (C=O) groups is 1. The molecule has 0 amide bonds. The number of carboxylic acid groups (broad SMARTS) is 1. The van der Waals surface area contributed by atoms with Crippen molar-refractivity contribution in [2.24, 2.45) is 0 Å². The van der Waals surface area contributed by atoms with Gasteiger partial charge < -0.3 is 9.84 Å². The maximum Gasteiger partial charge on any atom is 0.356 e. The van der Waals surface area contributed by atoms with Crippen LogP contribution in [0.5, 0.6) is 11.6 Å². The van der Waals surface area contributed by atoms with E-state index < -0.39 is 10.9 Å². The Morgan fingerprint density at radius 1 is 1.33 bits per heavy atom. The molecular weight excluding hydrogens is 278 g/mol. The fourth-order valence-corrected chi connectivity index (χ4v) is 1.81. The van der Waals surface area contributed by atoms with E-state index in [1.165, 1.54) is 12.3 Å². The molecule has 0 aliphatic rings. The first-order valence-corrected chi connectivity index (χ1v) is 5.87. The Hall–Kier alpha value is -3.03. The van der Waals surface area contributed by atoms with Crippen molar-refractivity contribution in [1.82, 2.24) is 9.97 Å². The van der Waals surface area contributed by atoms with Crippen LogP contribution >= 0.6 is 0 Å². The van der Waals surface area contributed by atoms with E-state index in [1.54, 1.807) is 19.9 Å². The standard InChI is InChI=1S/C13H11N3O5/c1-7-3-8(2)12(10(4-7)16(19)20)21-11-6-14-5-9(15-11)13(17)18/h3-6H,1-2H3,(H,17,18). The van der Waals surface area contributed by atoms with E-state index >= 15 is 0 Å². The average molecular weight is 289 g/mol. The topological polar surface area (TPSA) is 115 Å². The second-order valence-corrected chi connectivity index (χ2v) is 4.34. The van der Waals surface area contributed by atoms with E-state index in [1.807, 2.05) is 0 Å². The van der Waals surface area contributed by atoms with Gasteiger partial charge in [0.15, 0.2) is 5.69 Å². The van der Waals surface area contributed by atoms with E-state index in [-0.39, 0.29) is 23.0 Å². The zero-order chi connectivity index (χ0) is 15.6. The van der Waals surface area contributed by atoms with Crippen LogP contribution in [0.2, 0.25) is 0 Å². The highest BCUT2D eigenvalue weighted by atomic mass is 16.6. The molecule has 0 saturated carbocycles. The van der Waals surface area contributed by atoms with E-state index in [2.05, 4.69) is 9.97 Å². The Bertz CT molecular complexity index is 730. The van der Waals surface area contributed by atoms with Gasteiger partial charge in [0.25, 0.3) is 0 Å². The quantitative estimate of drug-likeness (QED) is 0.678. The largest absolute Gasteiger partial charge is 0.476 e. The van der Waals surface area contributed by atoms with Crippen LogP contribution in [0.3, 0.4) is 0 Å². The van der Waals surface area contributed by atoms with Gasteiger partial charge >= 0.3 is 11.7 Å². The molecule has 0 unspecified atom stereocenters. The molecule has 1 heterocycles. The molecule has 2 rings (SSSR count). The highest BCUT2D eigenvalue weighted by Gasteiger charge is 2.20. The van der Waals surface area contributed by atoms with E-state index in [4.69, 9.17) is 9.84 Å². The monoisotopic (exact) mass is 289 g/mol. The molecule has 0 saturated heterocycles. The molecule has 0 bridgehead atoms. The summed E-state index contributed by atoms with van der Waals surface area (Å²) in [6.45, 7) is 3.39. The molecule has 1 N–H and O–H groups in total. The molecule has 0 radical (unpaired) electrons. The van der Waals surface area contributed by atoms with E-state index in [9.17, 15) is 14.9 Å². The fourth-order valence-electron chi connectivity index (χ4n) is 1.81. The normalized spacial score (nSPS) is 10.2. The van der Waals surface area contributed by atoms with Crippen LogP contribution in [0.1, 0.15) is 21.6 Å². The van der Waals surface area contributed by atoms with Gasteiger partial charge in [-0.25, -0.2) is 9.78 Å². The van der Waals surface area contributed by atoms with E-state index in [0.29, 0.717) is 5.56 Å². The molecule has 0 fully saturated rings. The SMILES string of the molecule is Cc1cc(C)c(Oc2cncc(C(=O)O)n2)c([N+](=O)[O-])c1. The molecule has 21 heavy (non-hydrogen) atoms. The molecule has 1 aromatic heterocycles. The van der Waals surface area contributed by atoms with Gasteiger partial charge in [-0.15, -0.1) is 0 Å². The number of hydrogen-bond donors (Lipinski definition) is 1. The lowest BCUT2D eigenvalue weighted by Crippen LogP contribution is -2.03. The number of nitro benzene ring substituents is 1. The Labute approximate surface area is 119 Å². The summed E-state index contributed by atoms with van der Waals surface area (Å²) >= 11 is 0. The van der Waals surface area contributed by atoms with Gasteiger partial charge in [-0.2, -0.15) is 0 Å². The lowest BCUT2D eigenvalue weighted by atomic mass is 10.1. The smallest absolute Gasteiger partial charge is 0.356 e. The van der Waals surface area contributed by atoms with Crippen molar-refractivity contribution < 1.29 is 19.6 Å². The molecule has 108 valence electrons. The number of hydrogen-bond acceptors (Lipinski definition) is 6. The number of rotatable bonds is 4. The van der Waals surface area contributed by atoms with Crippen molar-refractivity contribution >= 4 is 11.7 Å². The summed E-state index contributed by atoms with van der Waals surface area (Å²) in [5.74, 6) is -1.37. The van der Waals surface area contributed by atoms with Crippen LogP contribution in [-0.2, 0) is 0 Å². The van der Waals surface area contributed by atoms with Crippen LogP contribution in [-0.4, -0.2) is 26.0 Å². The lowest BCUT2D eigenvalue weighted by Gasteiger charge is -2.09. The first-order chi connectivity index (χ1) is 9.88. The Morgan fingerprint density at radius 3 is 2.67 bits per heavy atom. The number of benzene rings is 1. The number of ether oxygens (including phenoxy) is 1. The third kappa shape index (κ3) is 3.11. The maximum absolute atomic E-state index is 11.1. The molecule has 1 aromatic carbocycles. The summed E-state index contributed by atoms with van der Waals surface area (Å²) in [5.41, 5.74) is 0.746. The number of aryl methyl sites for hydroxylation is 2. The molecule has 8 nitrogen and oxygen atoms in total. The van der Waals surface area contributed by atoms with Crippen molar-refractivity contribution in [3.63, 3.8) is 0 Å². The molecule has 8 heteroatoms. The van der Waals surface area contributed by atoms with Crippen LogP contribution < -0.4 is 4.74 Å². The highest BCUT2D eigenvalue weighted by Crippen LogP contribution is 2.34. The minimum absolute atomic E-state index is 0.0161. The van der Waals surface area contributed by atoms with Crippen molar-refractivity contribution in [1.29, 1.82) is 0 Å². The Balaban J connectivity index is 2.46. The molecule has 2 aromatic rings. The Kier molecular flexibility index (Phi) is 3.79. The van der Waals surface area contributed by atoms with E-state index in [0.717, 1.165) is 11.8 Å². The summed E-state index contributed by atoms with van der Waals surface area (Å²) in [7, 11) is 0. The number of nitro groups is 1. The minimum Gasteiger partial charge on any atom is -0.476 e. The van der Waals surface area contributed by atoms with Crippen LogP contribution in [0.4, 0.5) is 5.69 Å². The molecule has 0 aliphatic carbocycles. The van der Waals surface area contributed by atoms with Crippen molar-refractivity contribution in [3.8, 4) is 11.6 Å². The molecule has 0 spiro atoms. The number of carboxylic acids is 1. The molecule has 0 atom stereocenters. The second-order valence-electron chi connectivity index (χ2n) is 4.34. The zero-order valence-electron chi connectivity index (χ0n) is 11.2. The van der Waals surface area contributed by atoms with Gasteiger partial charge in [0.1, 0.15) is 0 Å². The third-order valence-corrected chi connectivity index (χ3v) is 2.63. The molecular formula is C13H11N3O5. The van der Waals surface area contributed by atoms with Crippen LogP contribution in [0.25, 0.3) is 0 Å². The highest BCUT2D eigenvalue weighted by molar-refractivity contribution is 5.84. The van der Waals surface area contributed by atoms with Crippen LogP contribution in [0.15, 0.2) is 24.5 Å². The van der Waals surface area contributed by atoms with Gasteiger partial charge in [0.05, 0.1) is 17.3 Å². The van der Waals surface area contributed by atoms with Crippen molar-refractivity contribution in [2.75, 3.05) is 0 Å². The minimum atomic E-state index is -1.26. The average Bonchev–Trinajstić information content (AvgIpc) is 2.41. The van der Waals surface area contributed by atoms with Gasteiger partial charge in [-0.3, -0.25) is 15.1 Å². The summed E-state index contributed by atoms with van der Waals surface area (Å²) in [5, 5.41) is 19.9. The Morgan fingerprint density at radius 2 is 2.05 bits per heavy atom. The fraction of sp³-hybridized carbons (Fsp3) is 0.154. The van der Waals surface area contributed by atoms with Crippen molar-refractivity contribution in [2.45, 2.75) is 13.8 Å². The summed E-state index contributed by atoms with van der Waals surface area (Å²) in [6.07, 6.45) is 2.25. The number of aromatic nitrogens is 2. The maximum atomic E-state index is 11.1. The van der Waals surface area contributed by atoms with Gasteiger partial charge in [-0.1, -0.05) is 6.07 Å². The lowest BCUT2D eigenvalue weighted by molar-refractivity contribution is -0.385. The number of aromatic carboxylic acids is 1.